The zero-order valence-corrected chi connectivity index (χ0v) is 14.1. The van der Waals surface area contributed by atoms with Crippen LogP contribution >= 0.6 is 0 Å². The minimum atomic E-state index is 0.304. The van der Waals surface area contributed by atoms with Crippen molar-refractivity contribution in [2.24, 2.45) is 7.05 Å². The molecule has 6 nitrogen and oxygen atoms in total. The van der Waals surface area contributed by atoms with Gasteiger partial charge < -0.3 is 9.47 Å². The third-order valence-corrected chi connectivity index (χ3v) is 4.99. The average molecular weight is 328 g/mol. The van der Waals surface area contributed by atoms with Crippen LogP contribution in [0.15, 0.2) is 30.3 Å². The molecule has 0 saturated carbocycles. The highest BCUT2D eigenvalue weighted by Gasteiger charge is 2.34. The highest BCUT2D eigenvalue weighted by Crippen LogP contribution is 2.30. The lowest BCUT2D eigenvalue weighted by Gasteiger charge is -2.35. The van der Waals surface area contributed by atoms with Gasteiger partial charge in [0.1, 0.15) is 5.69 Å². The van der Waals surface area contributed by atoms with Gasteiger partial charge in [0.2, 0.25) is 0 Å². The Labute approximate surface area is 142 Å². The Morgan fingerprint density at radius 2 is 2.17 bits per heavy atom. The fourth-order valence-corrected chi connectivity index (χ4v) is 3.76. The van der Waals surface area contributed by atoms with Crippen LogP contribution < -0.4 is 0 Å². The third kappa shape index (κ3) is 3.22. The maximum Gasteiger partial charge on any atom is 0.100 e. The highest BCUT2D eigenvalue weighted by molar-refractivity contribution is 5.20. The summed E-state index contributed by atoms with van der Waals surface area (Å²) in [6, 6.07) is 10.8. The van der Waals surface area contributed by atoms with Crippen LogP contribution in [0.4, 0.5) is 0 Å². The molecule has 128 valence electrons. The lowest BCUT2D eigenvalue weighted by molar-refractivity contribution is 0.0686. The normalized spacial score (nSPS) is 24.2. The van der Waals surface area contributed by atoms with Crippen LogP contribution in [0, 0.1) is 0 Å². The van der Waals surface area contributed by atoms with E-state index in [1.165, 1.54) is 11.3 Å². The van der Waals surface area contributed by atoms with Gasteiger partial charge in [-0.1, -0.05) is 35.5 Å². The Balaban J connectivity index is 1.44. The molecule has 0 radical (unpaired) electrons. The molecule has 1 fully saturated rings. The molecule has 0 N–H and O–H groups in total. The Kier molecular flexibility index (Phi) is 4.60. The summed E-state index contributed by atoms with van der Waals surface area (Å²) >= 11 is 0. The van der Waals surface area contributed by atoms with Crippen molar-refractivity contribution in [3.63, 3.8) is 0 Å². The molecular weight excluding hydrogens is 304 g/mol. The Morgan fingerprint density at radius 3 is 2.96 bits per heavy atom. The second-order valence-electron chi connectivity index (χ2n) is 6.69. The first-order valence-electron chi connectivity index (χ1n) is 8.63. The Morgan fingerprint density at radius 1 is 1.29 bits per heavy atom. The fourth-order valence-electron chi connectivity index (χ4n) is 3.76. The van der Waals surface area contributed by atoms with Crippen molar-refractivity contribution < 1.29 is 9.47 Å². The molecule has 1 saturated heterocycles. The van der Waals surface area contributed by atoms with Crippen molar-refractivity contribution in [3.8, 4) is 0 Å². The van der Waals surface area contributed by atoms with Crippen molar-refractivity contribution in [2.75, 3.05) is 26.4 Å². The Bertz CT molecular complexity index is 667. The standard InChI is InChI=1S/C18H24N4O2/c1-21-18-15(12-24-11-14-5-3-2-4-6-14)9-22(10-17(18)19-20-21)16-7-8-23-13-16/h2-6,15-16H,7-13H2,1H3/t15-,16+/m1/s1. The van der Waals surface area contributed by atoms with Gasteiger partial charge in [-0.05, 0) is 12.0 Å². The van der Waals surface area contributed by atoms with Crippen molar-refractivity contribution in [3.05, 3.63) is 47.3 Å². The molecule has 1 aromatic carbocycles. The quantitative estimate of drug-likeness (QED) is 0.836. The van der Waals surface area contributed by atoms with Crippen LogP contribution in [0.1, 0.15) is 29.3 Å². The van der Waals surface area contributed by atoms with Crippen LogP contribution in [-0.2, 0) is 29.7 Å². The molecule has 4 rings (SSSR count). The van der Waals surface area contributed by atoms with E-state index < -0.39 is 0 Å². The first-order chi connectivity index (χ1) is 11.8. The summed E-state index contributed by atoms with van der Waals surface area (Å²) in [6.07, 6.45) is 1.10. The summed E-state index contributed by atoms with van der Waals surface area (Å²) in [5.41, 5.74) is 3.51. The molecule has 0 amide bonds. The number of nitrogens with zero attached hydrogens (tertiary/aromatic N) is 4. The van der Waals surface area contributed by atoms with Gasteiger partial charge in [0.05, 0.1) is 25.5 Å². The molecule has 0 bridgehead atoms. The van der Waals surface area contributed by atoms with E-state index in [0.717, 1.165) is 38.4 Å². The second-order valence-corrected chi connectivity index (χ2v) is 6.69. The molecule has 0 aliphatic carbocycles. The number of fused-ring (bicyclic) bond motifs is 1. The molecule has 24 heavy (non-hydrogen) atoms. The molecule has 2 aliphatic rings. The molecular formula is C18H24N4O2. The number of benzene rings is 1. The van der Waals surface area contributed by atoms with E-state index in [9.17, 15) is 0 Å². The number of hydrogen-bond donors (Lipinski definition) is 0. The van der Waals surface area contributed by atoms with E-state index in [0.29, 0.717) is 25.2 Å². The molecule has 0 spiro atoms. The number of rotatable bonds is 5. The summed E-state index contributed by atoms with van der Waals surface area (Å²) in [4.78, 5) is 2.49. The molecule has 1 aromatic heterocycles. The minimum absolute atomic E-state index is 0.304. The maximum atomic E-state index is 6.02. The highest BCUT2D eigenvalue weighted by atomic mass is 16.5. The van der Waals surface area contributed by atoms with Gasteiger partial charge in [0, 0.05) is 38.7 Å². The van der Waals surface area contributed by atoms with E-state index in [-0.39, 0.29) is 0 Å². The predicted octanol–water partition coefficient (Wildman–Crippen LogP) is 1.72. The van der Waals surface area contributed by atoms with Gasteiger partial charge in [-0.15, -0.1) is 5.10 Å². The predicted molar refractivity (Wildman–Crippen MR) is 89.5 cm³/mol. The van der Waals surface area contributed by atoms with Crippen LogP contribution in [0.3, 0.4) is 0 Å². The molecule has 0 unspecified atom stereocenters. The van der Waals surface area contributed by atoms with Crippen molar-refractivity contribution in [2.45, 2.75) is 31.5 Å². The second kappa shape index (κ2) is 7.01. The van der Waals surface area contributed by atoms with Crippen LogP contribution in [-0.4, -0.2) is 52.3 Å². The van der Waals surface area contributed by atoms with Crippen molar-refractivity contribution >= 4 is 0 Å². The summed E-state index contributed by atoms with van der Waals surface area (Å²) in [7, 11) is 1.98. The van der Waals surface area contributed by atoms with E-state index in [1.54, 1.807) is 0 Å². The van der Waals surface area contributed by atoms with Gasteiger partial charge in [0.15, 0.2) is 0 Å². The monoisotopic (exact) mass is 328 g/mol. The molecule has 6 heteroatoms. The van der Waals surface area contributed by atoms with E-state index in [1.807, 2.05) is 29.9 Å². The van der Waals surface area contributed by atoms with Crippen molar-refractivity contribution in [1.82, 2.24) is 19.9 Å². The molecule has 2 atom stereocenters. The average Bonchev–Trinajstić information content (AvgIpc) is 3.26. The first kappa shape index (κ1) is 15.7. The van der Waals surface area contributed by atoms with Gasteiger partial charge in [-0.25, -0.2) is 0 Å². The molecule has 2 aliphatic heterocycles. The van der Waals surface area contributed by atoms with Crippen LogP contribution in [0.5, 0.6) is 0 Å². The fraction of sp³-hybridized carbons (Fsp3) is 0.556. The van der Waals surface area contributed by atoms with Gasteiger partial charge in [0.25, 0.3) is 0 Å². The number of ether oxygens (including phenoxy) is 2. The molecule has 2 aromatic rings. The lowest BCUT2D eigenvalue weighted by Crippen LogP contribution is -2.43. The summed E-state index contributed by atoms with van der Waals surface area (Å²) in [5, 5.41) is 8.60. The zero-order valence-electron chi connectivity index (χ0n) is 14.1. The third-order valence-electron chi connectivity index (χ3n) is 4.99. The minimum Gasteiger partial charge on any atom is -0.380 e. The first-order valence-corrected chi connectivity index (χ1v) is 8.63. The summed E-state index contributed by atoms with van der Waals surface area (Å²) in [5.74, 6) is 0.304. The SMILES string of the molecule is Cn1nnc2c1[C@@H](COCc1ccccc1)CN([C@H]1CCOC1)C2. The topological polar surface area (TPSA) is 52.4 Å². The van der Waals surface area contributed by atoms with Gasteiger partial charge >= 0.3 is 0 Å². The van der Waals surface area contributed by atoms with Crippen molar-refractivity contribution in [1.29, 1.82) is 0 Å². The summed E-state index contributed by atoms with van der Waals surface area (Å²) < 4.78 is 13.5. The zero-order chi connectivity index (χ0) is 16.4. The molecule has 3 heterocycles. The summed E-state index contributed by atoms with van der Waals surface area (Å²) in [6.45, 7) is 4.87. The Hall–Kier alpha value is -1.76. The number of aryl methyl sites for hydroxylation is 1. The maximum absolute atomic E-state index is 6.02. The van der Waals surface area contributed by atoms with Gasteiger partial charge in [-0.2, -0.15) is 0 Å². The van der Waals surface area contributed by atoms with Crippen LogP contribution in [0.2, 0.25) is 0 Å². The smallest absolute Gasteiger partial charge is 0.100 e. The van der Waals surface area contributed by atoms with E-state index in [4.69, 9.17) is 9.47 Å². The largest absolute Gasteiger partial charge is 0.380 e. The van der Waals surface area contributed by atoms with E-state index in [2.05, 4.69) is 27.3 Å². The number of hydrogen-bond acceptors (Lipinski definition) is 5. The van der Waals surface area contributed by atoms with E-state index >= 15 is 0 Å². The van der Waals surface area contributed by atoms with Gasteiger partial charge in [-0.3, -0.25) is 9.58 Å². The lowest BCUT2D eigenvalue weighted by atomic mass is 9.97. The van der Waals surface area contributed by atoms with Crippen LogP contribution in [0.25, 0.3) is 0 Å². The number of aromatic nitrogens is 3.